The molecule has 0 radical (unpaired) electrons. The average Bonchev–Trinajstić information content (AvgIpc) is 3.36. The summed E-state index contributed by atoms with van der Waals surface area (Å²) < 4.78 is 7.45. The number of fused-ring (bicyclic) bond motifs is 1. The second kappa shape index (κ2) is 6.83. The molecule has 3 aromatic rings. The third-order valence-corrected chi connectivity index (χ3v) is 4.88. The number of aromatic nitrogens is 2. The standard InChI is InChI=1S/C21H23N3O2/c1-14-8-9-24-19(13-22-20(24)10-14)18(12-21(25)23-16-6-7-16)15-4-3-5-17(11-15)26-2/h3-5,8-11,13,16,18H,6-7,12H2,1-2H3,(H,23,25). The first-order valence-electron chi connectivity index (χ1n) is 9.01. The second-order valence-corrected chi connectivity index (χ2v) is 6.99. The van der Waals surface area contributed by atoms with Crippen molar-refractivity contribution in [2.24, 2.45) is 0 Å². The summed E-state index contributed by atoms with van der Waals surface area (Å²) >= 11 is 0. The molecule has 0 bridgehead atoms. The fraction of sp³-hybridized carbons (Fsp3) is 0.333. The number of methoxy groups -OCH3 is 1. The average molecular weight is 349 g/mol. The van der Waals surface area contributed by atoms with E-state index in [2.05, 4.69) is 33.8 Å². The van der Waals surface area contributed by atoms with Crippen LogP contribution in [0.15, 0.2) is 48.8 Å². The van der Waals surface area contributed by atoms with Gasteiger partial charge in [0.15, 0.2) is 0 Å². The van der Waals surface area contributed by atoms with Crippen molar-refractivity contribution >= 4 is 11.6 Å². The maximum atomic E-state index is 12.5. The molecule has 1 fully saturated rings. The molecular formula is C21H23N3O2. The van der Waals surface area contributed by atoms with Crippen LogP contribution in [0.4, 0.5) is 0 Å². The summed E-state index contributed by atoms with van der Waals surface area (Å²) in [5.74, 6) is 0.795. The van der Waals surface area contributed by atoms with E-state index in [-0.39, 0.29) is 11.8 Å². The monoisotopic (exact) mass is 349 g/mol. The molecule has 1 aliphatic carbocycles. The number of benzene rings is 1. The number of aryl methyl sites for hydroxylation is 1. The van der Waals surface area contributed by atoms with Gasteiger partial charge in [-0.25, -0.2) is 4.98 Å². The van der Waals surface area contributed by atoms with Crippen LogP contribution in [-0.2, 0) is 4.79 Å². The van der Waals surface area contributed by atoms with Gasteiger partial charge in [0.25, 0.3) is 0 Å². The van der Waals surface area contributed by atoms with E-state index >= 15 is 0 Å². The van der Waals surface area contributed by atoms with Crippen molar-refractivity contribution < 1.29 is 9.53 Å². The Hall–Kier alpha value is -2.82. The largest absolute Gasteiger partial charge is 0.497 e. The molecule has 1 aromatic carbocycles. The summed E-state index contributed by atoms with van der Waals surface area (Å²) in [5, 5.41) is 3.10. The van der Waals surface area contributed by atoms with Gasteiger partial charge in [0.1, 0.15) is 11.4 Å². The first-order valence-corrected chi connectivity index (χ1v) is 9.01. The van der Waals surface area contributed by atoms with Crippen molar-refractivity contribution in [3.05, 3.63) is 65.6 Å². The van der Waals surface area contributed by atoms with Gasteiger partial charge in [-0.3, -0.25) is 4.79 Å². The molecule has 1 N–H and O–H groups in total. The van der Waals surface area contributed by atoms with Gasteiger partial charge in [-0.05, 0) is 55.2 Å². The Bertz CT molecular complexity index is 943. The molecule has 134 valence electrons. The molecule has 2 heterocycles. The number of amides is 1. The highest BCUT2D eigenvalue weighted by Crippen LogP contribution is 2.31. The van der Waals surface area contributed by atoms with Crippen LogP contribution in [-0.4, -0.2) is 28.4 Å². The fourth-order valence-electron chi connectivity index (χ4n) is 3.31. The van der Waals surface area contributed by atoms with Gasteiger partial charge >= 0.3 is 0 Å². The van der Waals surface area contributed by atoms with E-state index in [1.165, 1.54) is 5.56 Å². The lowest BCUT2D eigenvalue weighted by Gasteiger charge is -2.18. The Kier molecular flexibility index (Phi) is 4.37. The lowest BCUT2D eigenvalue weighted by Crippen LogP contribution is -2.27. The van der Waals surface area contributed by atoms with Gasteiger partial charge < -0.3 is 14.5 Å². The summed E-state index contributed by atoms with van der Waals surface area (Å²) in [6, 6.07) is 12.4. The van der Waals surface area contributed by atoms with Gasteiger partial charge in [-0.15, -0.1) is 0 Å². The maximum Gasteiger partial charge on any atom is 0.221 e. The van der Waals surface area contributed by atoms with Crippen LogP contribution in [0.2, 0.25) is 0 Å². The molecule has 0 saturated heterocycles. The van der Waals surface area contributed by atoms with E-state index in [1.807, 2.05) is 36.7 Å². The van der Waals surface area contributed by atoms with Gasteiger partial charge in [-0.1, -0.05) is 12.1 Å². The molecule has 26 heavy (non-hydrogen) atoms. The van der Waals surface area contributed by atoms with Crippen LogP contribution in [0.25, 0.3) is 5.65 Å². The fourth-order valence-corrected chi connectivity index (χ4v) is 3.31. The summed E-state index contributed by atoms with van der Waals surface area (Å²) in [7, 11) is 1.66. The third-order valence-electron chi connectivity index (χ3n) is 4.88. The lowest BCUT2D eigenvalue weighted by atomic mass is 9.92. The second-order valence-electron chi connectivity index (χ2n) is 6.99. The van der Waals surface area contributed by atoms with E-state index in [9.17, 15) is 4.79 Å². The Morgan fingerprint density at radius 2 is 2.19 bits per heavy atom. The number of ether oxygens (including phenoxy) is 1. The van der Waals surface area contributed by atoms with Crippen LogP contribution in [0.3, 0.4) is 0 Å². The Morgan fingerprint density at radius 3 is 2.96 bits per heavy atom. The number of hydrogen-bond acceptors (Lipinski definition) is 3. The third kappa shape index (κ3) is 3.43. The highest BCUT2D eigenvalue weighted by atomic mass is 16.5. The summed E-state index contributed by atoms with van der Waals surface area (Å²) in [5.41, 5.74) is 4.13. The quantitative estimate of drug-likeness (QED) is 0.741. The van der Waals surface area contributed by atoms with Gasteiger partial charge in [0.2, 0.25) is 5.91 Å². The van der Waals surface area contributed by atoms with E-state index in [1.54, 1.807) is 7.11 Å². The van der Waals surface area contributed by atoms with E-state index in [0.717, 1.165) is 35.5 Å². The van der Waals surface area contributed by atoms with Crippen molar-refractivity contribution in [1.29, 1.82) is 0 Å². The maximum absolute atomic E-state index is 12.5. The SMILES string of the molecule is COc1cccc(C(CC(=O)NC2CC2)c2cnc3cc(C)ccn23)c1. The molecule has 0 spiro atoms. The number of rotatable bonds is 6. The minimum Gasteiger partial charge on any atom is -0.497 e. The van der Waals surface area contributed by atoms with Gasteiger partial charge in [-0.2, -0.15) is 0 Å². The Balaban J connectivity index is 1.73. The molecule has 4 rings (SSSR count). The predicted molar refractivity (Wildman–Crippen MR) is 101 cm³/mol. The minimum absolute atomic E-state index is 0.0819. The van der Waals surface area contributed by atoms with Crippen LogP contribution < -0.4 is 10.1 Å². The summed E-state index contributed by atoms with van der Waals surface area (Å²) in [6.07, 6.45) is 6.47. The molecular weight excluding hydrogens is 326 g/mol. The minimum atomic E-state index is -0.0819. The molecule has 1 aliphatic rings. The van der Waals surface area contributed by atoms with Gasteiger partial charge in [0.05, 0.1) is 12.8 Å². The number of imidazole rings is 1. The summed E-state index contributed by atoms with van der Waals surface area (Å²) in [6.45, 7) is 2.05. The number of nitrogens with one attached hydrogen (secondary N) is 1. The highest BCUT2D eigenvalue weighted by Gasteiger charge is 2.27. The molecule has 1 unspecified atom stereocenters. The molecule has 1 atom stereocenters. The smallest absolute Gasteiger partial charge is 0.221 e. The summed E-state index contributed by atoms with van der Waals surface area (Å²) in [4.78, 5) is 17.1. The molecule has 5 heteroatoms. The normalized spacial score (nSPS) is 15.0. The van der Waals surface area contributed by atoms with Crippen molar-refractivity contribution in [1.82, 2.24) is 14.7 Å². The number of hydrogen-bond donors (Lipinski definition) is 1. The topological polar surface area (TPSA) is 55.6 Å². The van der Waals surface area contributed by atoms with Crippen LogP contribution in [0.5, 0.6) is 5.75 Å². The molecule has 1 saturated carbocycles. The van der Waals surface area contributed by atoms with Crippen LogP contribution in [0, 0.1) is 6.92 Å². The van der Waals surface area contributed by atoms with Crippen molar-refractivity contribution in [2.45, 2.75) is 38.1 Å². The molecule has 1 amide bonds. The Labute approximate surface area is 153 Å². The number of carbonyl (C=O) groups is 1. The first-order chi connectivity index (χ1) is 12.6. The Morgan fingerprint density at radius 1 is 1.35 bits per heavy atom. The molecule has 0 aliphatic heterocycles. The van der Waals surface area contributed by atoms with Crippen molar-refractivity contribution in [2.75, 3.05) is 7.11 Å². The van der Waals surface area contributed by atoms with E-state index in [4.69, 9.17) is 4.74 Å². The first kappa shape index (κ1) is 16.6. The zero-order chi connectivity index (χ0) is 18.1. The van der Waals surface area contributed by atoms with E-state index in [0.29, 0.717) is 12.5 Å². The zero-order valence-corrected chi connectivity index (χ0v) is 15.1. The van der Waals surface area contributed by atoms with Crippen molar-refractivity contribution in [3.8, 4) is 5.75 Å². The zero-order valence-electron chi connectivity index (χ0n) is 15.1. The van der Waals surface area contributed by atoms with Crippen LogP contribution in [0.1, 0.15) is 42.0 Å². The number of nitrogens with zero attached hydrogens (tertiary/aromatic N) is 2. The van der Waals surface area contributed by atoms with Gasteiger partial charge in [0, 0.05) is 30.8 Å². The van der Waals surface area contributed by atoms with E-state index < -0.39 is 0 Å². The van der Waals surface area contributed by atoms with Crippen LogP contribution >= 0.6 is 0 Å². The number of carbonyl (C=O) groups excluding carboxylic acids is 1. The van der Waals surface area contributed by atoms with Crippen molar-refractivity contribution in [3.63, 3.8) is 0 Å². The highest BCUT2D eigenvalue weighted by molar-refractivity contribution is 5.78. The molecule has 2 aromatic heterocycles. The lowest BCUT2D eigenvalue weighted by molar-refractivity contribution is -0.121. The number of pyridine rings is 1. The predicted octanol–water partition coefficient (Wildman–Crippen LogP) is 3.45. The molecule has 5 nitrogen and oxygen atoms in total.